The number of aromatic nitrogens is 4. The predicted molar refractivity (Wildman–Crippen MR) is 111 cm³/mol. The highest BCUT2D eigenvalue weighted by Gasteiger charge is 2.20. The summed E-state index contributed by atoms with van der Waals surface area (Å²) in [5.74, 6) is 0.655. The molecule has 28 heavy (non-hydrogen) atoms. The molecule has 1 aromatic carbocycles. The molecule has 0 unspecified atom stereocenters. The van der Waals surface area contributed by atoms with Gasteiger partial charge in [0.1, 0.15) is 23.2 Å². The average molecular weight is 394 g/mol. The first-order valence-corrected chi connectivity index (χ1v) is 9.79. The summed E-state index contributed by atoms with van der Waals surface area (Å²) in [5, 5.41) is 2.43. The number of rotatable bonds is 3. The van der Waals surface area contributed by atoms with Crippen molar-refractivity contribution in [3.63, 3.8) is 0 Å². The first-order chi connectivity index (χ1) is 13.7. The second kappa shape index (κ2) is 7.04. The summed E-state index contributed by atoms with van der Waals surface area (Å²) in [7, 11) is 2.14. The number of halogens is 1. The van der Waals surface area contributed by atoms with E-state index in [1.54, 1.807) is 12.4 Å². The zero-order valence-corrected chi connectivity index (χ0v) is 16.3. The maximum Gasteiger partial charge on any atom is 0.224 e. The minimum absolute atomic E-state index is 0.192. The van der Waals surface area contributed by atoms with Crippen LogP contribution in [0.15, 0.2) is 42.9 Å². The van der Waals surface area contributed by atoms with E-state index in [1.807, 2.05) is 18.3 Å². The quantitative estimate of drug-likeness (QED) is 0.525. The zero-order valence-electron chi connectivity index (χ0n) is 15.5. The maximum absolute atomic E-state index is 6.28. The lowest BCUT2D eigenvalue weighted by molar-refractivity contribution is 0.111. The van der Waals surface area contributed by atoms with Gasteiger partial charge in [-0.1, -0.05) is 17.7 Å². The molecule has 1 fully saturated rings. The van der Waals surface area contributed by atoms with Crippen molar-refractivity contribution in [1.29, 1.82) is 0 Å². The molecule has 1 saturated heterocycles. The molecule has 5 rings (SSSR count). The van der Waals surface area contributed by atoms with Gasteiger partial charge in [0.25, 0.3) is 0 Å². The van der Waals surface area contributed by atoms with Gasteiger partial charge >= 0.3 is 0 Å². The number of ether oxygens (including phenoxy) is 1. The van der Waals surface area contributed by atoms with Gasteiger partial charge in [-0.25, -0.2) is 15.0 Å². The van der Waals surface area contributed by atoms with E-state index < -0.39 is 0 Å². The minimum Gasteiger partial charge on any atom is -0.474 e. The number of nitrogens with zero attached hydrogens (tertiary/aromatic N) is 4. The maximum atomic E-state index is 6.28. The van der Waals surface area contributed by atoms with Crippen LogP contribution in [0.1, 0.15) is 12.8 Å². The van der Waals surface area contributed by atoms with E-state index in [0.29, 0.717) is 11.0 Å². The van der Waals surface area contributed by atoms with Crippen LogP contribution < -0.4 is 4.74 Å². The first-order valence-electron chi connectivity index (χ1n) is 9.41. The highest BCUT2D eigenvalue weighted by molar-refractivity contribution is 6.29. The Bertz CT molecular complexity index is 1150. The van der Waals surface area contributed by atoms with Crippen molar-refractivity contribution in [2.45, 2.75) is 18.9 Å². The third kappa shape index (κ3) is 3.19. The molecule has 0 radical (unpaired) electrons. The van der Waals surface area contributed by atoms with E-state index in [2.05, 4.69) is 44.0 Å². The van der Waals surface area contributed by atoms with Crippen LogP contribution in [0.5, 0.6) is 5.88 Å². The molecule has 1 aliphatic rings. The molecule has 0 saturated carbocycles. The Labute approximate surface area is 167 Å². The van der Waals surface area contributed by atoms with Gasteiger partial charge < -0.3 is 14.6 Å². The SMILES string of the molecule is CN1CCC(Oc2ncnc3ccc(-c4c[nH]c5nc(Cl)ccc45)cc23)CC1. The number of piperidine rings is 1. The van der Waals surface area contributed by atoms with Crippen molar-refractivity contribution in [2.24, 2.45) is 0 Å². The van der Waals surface area contributed by atoms with Gasteiger partial charge in [0.15, 0.2) is 0 Å². The van der Waals surface area contributed by atoms with Crippen LogP contribution in [0.3, 0.4) is 0 Å². The molecule has 0 atom stereocenters. The summed E-state index contributed by atoms with van der Waals surface area (Å²) < 4.78 is 6.28. The number of H-pyrrole nitrogens is 1. The number of fused-ring (bicyclic) bond motifs is 2. The zero-order chi connectivity index (χ0) is 19.1. The Hall–Kier alpha value is -2.70. The highest BCUT2D eigenvalue weighted by Crippen LogP contribution is 2.33. The molecule has 142 valence electrons. The summed E-state index contributed by atoms with van der Waals surface area (Å²) in [6.45, 7) is 2.09. The van der Waals surface area contributed by atoms with Gasteiger partial charge in [0.2, 0.25) is 5.88 Å². The standard InChI is InChI=1S/C21H20ClN5O/c1-27-8-6-14(7-9-27)28-21-16-10-13(2-4-18(16)24-12-25-21)17-11-23-20-15(17)3-5-19(22)26-20/h2-5,10-12,14H,6-9H2,1H3,(H,23,26). The summed E-state index contributed by atoms with van der Waals surface area (Å²) >= 11 is 6.01. The minimum atomic E-state index is 0.192. The lowest BCUT2D eigenvalue weighted by atomic mass is 10.0. The van der Waals surface area contributed by atoms with Gasteiger partial charge in [-0.3, -0.25) is 0 Å². The molecule has 7 heteroatoms. The second-order valence-corrected chi connectivity index (χ2v) is 7.65. The lowest BCUT2D eigenvalue weighted by Crippen LogP contribution is -2.35. The van der Waals surface area contributed by atoms with E-state index in [-0.39, 0.29) is 6.10 Å². The Morgan fingerprint density at radius 2 is 1.96 bits per heavy atom. The van der Waals surface area contributed by atoms with E-state index in [1.165, 1.54) is 0 Å². The molecular weight excluding hydrogens is 374 g/mol. The molecule has 0 amide bonds. The molecule has 0 bridgehead atoms. The second-order valence-electron chi connectivity index (χ2n) is 7.26. The fraction of sp³-hybridized carbons (Fsp3) is 0.286. The Kier molecular flexibility index (Phi) is 4.37. The normalized spacial score (nSPS) is 16.1. The molecule has 0 spiro atoms. The molecule has 4 aromatic rings. The van der Waals surface area contributed by atoms with Gasteiger partial charge in [-0.15, -0.1) is 0 Å². The summed E-state index contributed by atoms with van der Waals surface area (Å²) in [5.41, 5.74) is 3.78. The largest absolute Gasteiger partial charge is 0.474 e. The van der Waals surface area contributed by atoms with Crippen LogP contribution in [0, 0.1) is 0 Å². The van der Waals surface area contributed by atoms with Crippen molar-refractivity contribution in [2.75, 3.05) is 20.1 Å². The van der Waals surface area contributed by atoms with Gasteiger partial charge in [-0.2, -0.15) is 0 Å². The van der Waals surface area contributed by atoms with Crippen LogP contribution in [0.4, 0.5) is 0 Å². The average Bonchev–Trinajstić information content (AvgIpc) is 3.12. The number of hydrogen-bond acceptors (Lipinski definition) is 5. The fourth-order valence-electron chi connectivity index (χ4n) is 3.77. The molecule has 3 aromatic heterocycles. The Morgan fingerprint density at radius 1 is 1.11 bits per heavy atom. The first kappa shape index (κ1) is 17.4. The topological polar surface area (TPSA) is 66.9 Å². The van der Waals surface area contributed by atoms with E-state index >= 15 is 0 Å². The highest BCUT2D eigenvalue weighted by atomic mass is 35.5. The van der Waals surface area contributed by atoms with Crippen LogP contribution in [0.25, 0.3) is 33.1 Å². The predicted octanol–water partition coefficient (Wildman–Crippen LogP) is 4.30. The van der Waals surface area contributed by atoms with E-state index in [9.17, 15) is 0 Å². The monoisotopic (exact) mass is 393 g/mol. The number of pyridine rings is 1. The molecule has 0 aliphatic carbocycles. The molecule has 6 nitrogen and oxygen atoms in total. The van der Waals surface area contributed by atoms with Gasteiger partial charge in [0, 0.05) is 30.2 Å². The van der Waals surface area contributed by atoms with Crippen molar-refractivity contribution in [3.05, 3.63) is 48.0 Å². The van der Waals surface area contributed by atoms with Crippen molar-refractivity contribution in [3.8, 4) is 17.0 Å². The van der Waals surface area contributed by atoms with Crippen LogP contribution in [0.2, 0.25) is 5.15 Å². The Balaban J connectivity index is 1.54. The van der Waals surface area contributed by atoms with Crippen LogP contribution in [-0.2, 0) is 0 Å². The lowest BCUT2D eigenvalue weighted by Gasteiger charge is -2.29. The molecule has 4 heterocycles. The van der Waals surface area contributed by atoms with Gasteiger partial charge in [0.05, 0.1) is 10.9 Å². The van der Waals surface area contributed by atoms with Crippen LogP contribution in [-0.4, -0.2) is 51.1 Å². The van der Waals surface area contributed by atoms with Crippen molar-refractivity contribution < 1.29 is 4.74 Å². The number of likely N-dealkylation sites (tertiary alicyclic amines) is 1. The van der Waals surface area contributed by atoms with Crippen molar-refractivity contribution >= 4 is 33.5 Å². The Morgan fingerprint density at radius 3 is 2.82 bits per heavy atom. The van der Waals surface area contributed by atoms with Gasteiger partial charge in [-0.05, 0) is 49.7 Å². The smallest absolute Gasteiger partial charge is 0.224 e. The molecule has 1 N–H and O–H groups in total. The van der Waals surface area contributed by atoms with E-state index in [0.717, 1.165) is 59.0 Å². The number of hydrogen-bond donors (Lipinski definition) is 1. The molecular formula is C21H20ClN5O. The summed E-state index contributed by atoms with van der Waals surface area (Å²) in [4.78, 5) is 18.7. The number of benzene rings is 1. The molecule has 1 aliphatic heterocycles. The third-order valence-electron chi connectivity index (χ3n) is 5.36. The summed E-state index contributed by atoms with van der Waals surface area (Å²) in [6.07, 6.45) is 5.74. The third-order valence-corrected chi connectivity index (χ3v) is 5.57. The summed E-state index contributed by atoms with van der Waals surface area (Å²) in [6, 6.07) is 9.96. The van der Waals surface area contributed by atoms with Crippen LogP contribution >= 0.6 is 11.6 Å². The number of aromatic amines is 1. The fourth-order valence-corrected chi connectivity index (χ4v) is 3.92. The number of nitrogens with one attached hydrogen (secondary N) is 1. The van der Waals surface area contributed by atoms with E-state index in [4.69, 9.17) is 16.3 Å². The van der Waals surface area contributed by atoms with Crippen molar-refractivity contribution in [1.82, 2.24) is 24.8 Å².